The highest BCUT2D eigenvalue weighted by atomic mass is 16.8. The van der Waals surface area contributed by atoms with E-state index in [4.69, 9.17) is 18.9 Å². The second-order valence-corrected chi connectivity index (χ2v) is 6.17. The molecule has 1 spiro atoms. The van der Waals surface area contributed by atoms with Crippen molar-refractivity contribution in [3.05, 3.63) is 12.2 Å². The quantitative estimate of drug-likeness (QED) is 0.585. The number of carbonyl (C=O) groups is 2. The van der Waals surface area contributed by atoms with Gasteiger partial charge in [0, 0.05) is 12.8 Å². The number of ether oxygens (including phenoxy) is 4. The van der Waals surface area contributed by atoms with Crippen molar-refractivity contribution in [3.8, 4) is 0 Å². The first-order valence-corrected chi connectivity index (χ1v) is 7.74. The minimum Gasteiger partial charge on any atom is -0.461 e. The van der Waals surface area contributed by atoms with E-state index in [1.807, 2.05) is 12.2 Å². The lowest BCUT2D eigenvalue weighted by Gasteiger charge is -2.28. The van der Waals surface area contributed by atoms with Gasteiger partial charge < -0.3 is 18.9 Å². The fourth-order valence-corrected chi connectivity index (χ4v) is 2.56. The molecular weight excluding hydrogens is 288 g/mol. The summed E-state index contributed by atoms with van der Waals surface area (Å²) in [6, 6.07) is 0. The standard InChI is InChI=1S/C16H24O6/c1-10(2)19-14(17)12-13(15(18)20-11(3)4)22-16(21-12)8-6-5-7-9-16/h5-6,10-13H,7-9H2,1-4H3/t12-,13-/m0/s1. The molecule has 0 aromatic carbocycles. The maximum Gasteiger partial charge on any atom is 0.339 e. The second kappa shape index (κ2) is 6.79. The number of carbonyl (C=O) groups excluding carboxylic acids is 2. The molecule has 1 aliphatic carbocycles. The Balaban J connectivity index is 2.16. The summed E-state index contributed by atoms with van der Waals surface area (Å²) in [4.78, 5) is 24.5. The molecule has 2 atom stereocenters. The molecule has 0 amide bonds. The van der Waals surface area contributed by atoms with Crippen molar-refractivity contribution < 1.29 is 28.5 Å². The number of hydrogen-bond acceptors (Lipinski definition) is 6. The molecule has 2 aliphatic rings. The Morgan fingerprint density at radius 2 is 1.50 bits per heavy atom. The molecule has 0 aromatic heterocycles. The summed E-state index contributed by atoms with van der Waals surface area (Å²) in [7, 11) is 0. The summed E-state index contributed by atoms with van der Waals surface area (Å²) in [6.07, 6.45) is 3.09. The molecule has 1 heterocycles. The minimum absolute atomic E-state index is 0.291. The van der Waals surface area contributed by atoms with Gasteiger partial charge in [-0.15, -0.1) is 0 Å². The lowest BCUT2D eigenvalue weighted by Crippen LogP contribution is -2.40. The molecule has 6 nitrogen and oxygen atoms in total. The maximum atomic E-state index is 12.2. The zero-order valence-electron chi connectivity index (χ0n) is 13.5. The summed E-state index contributed by atoms with van der Waals surface area (Å²) >= 11 is 0. The van der Waals surface area contributed by atoms with Gasteiger partial charge in [-0.05, 0) is 34.1 Å². The predicted octanol–water partition coefficient (Wildman–Crippen LogP) is 2.11. The highest BCUT2D eigenvalue weighted by molar-refractivity contribution is 5.86. The van der Waals surface area contributed by atoms with Gasteiger partial charge in [0.05, 0.1) is 12.2 Å². The molecule has 1 saturated heterocycles. The van der Waals surface area contributed by atoms with Crippen LogP contribution in [-0.4, -0.2) is 42.1 Å². The summed E-state index contributed by atoms with van der Waals surface area (Å²) in [5.74, 6) is -2.12. The summed E-state index contributed by atoms with van der Waals surface area (Å²) in [5.41, 5.74) is 0. The fourth-order valence-electron chi connectivity index (χ4n) is 2.56. The van der Waals surface area contributed by atoms with Crippen LogP contribution in [0.5, 0.6) is 0 Å². The first-order valence-electron chi connectivity index (χ1n) is 7.74. The molecule has 22 heavy (non-hydrogen) atoms. The number of rotatable bonds is 4. The van der Waals surface area contributed by atoms with Crippen molar-refractivity contribution in [1.29, 1.82) is 0 Å². The van der Waals surface area contributed by atoms with Crippen LogP contribution >= 0.6 is 0 Å². The van der Waals surface area contributed by atoms with Crippen LogP contribution in [0.1, 0.15) is 47.0 Å². The highest BCUT2D eigenvalue weighted by Gasteiger charge is 2.54. The van der Waals surface area contributed by atoms with Gasteiger partial charge >= 0.3 is 11.9 Å². The predicted molar refractivity (Wildman–Crippen MR) is 77.9 cm³/mol. The van der Waals surface area contributed by atoms with Gasteiger partial charge in [0.2, 0.25) is 0 Å². The molecule has 6 heteroatoms. The van der Waals surface area contributed by atoms with Crippen LogP contribution in [0.15, 0.2) is 12.2 Å². The van der Waals surface area contributed by atoms with E-state index in [9.17, 15) is 9.59 Å². The molecule has 0 bridgehead atoms. The summed E-state index contributed by atoms with van der Waals surface area (Å²) in [6.45, 7) is 6.98. The van der Waals surface area contributed by atoms with Crippen LogP contribution in [0.2, 0.25) is 0 Å². The molecule has 1 aliphatic heterocycles. The van der Waals surface area contributed by atoms with E-state index >= 15 is 0 Å². The summed E-state index contributed by atoms with van der Waals surface area (Å²) < 4.78 is 22.0. The molecule has 2 rings (SSSR count). The first-order chi connectivity index (χ1) is 10.3. The SMILES string of the molecule is CC(C)OC(=O)[C@H]1OC2(CC=CCC2)O[C@@H]1C(=O)OC(C)C. The molecule has 0 unspecified atom stereocenters. The Kier molecular flexibility index (Phi) is 5.24. The second-order valence-electron chi connectivity index (χ2n) is 6.17. The first kappa shape index (κ1) is 17.0. The number of esters is 2. The maximum absolute atomic E-state index is 12.2. The molecule has 0 radical (unpaired) electrons. The Hall–Kier alpha value is -1.40. The Bertz CT molecular complexity index is 424. The molecule has 0 saturated carbocycles. The lowest BCUT2D eigenvalue weighted by molar-refractivity contribution is -0.194. The summed E-state index contributed by atoms with van der Waals surface area (Å²) in [5, 5.41) is 0. The Morgan fingerprint density at radius 1 is 1.00 bits per heavy atom. The van der Waals surface area contributed by atoms with Crippen LogP contribution in [0, 0.1) is 0 Å². The smallest absolute Gasteiger partial charge is 0.339 e. The largest absolute Gasteiger partial charge is 0.461 e. The van der Waals surface area contributed by atoms with E-state index in [0.717, 1.165) is 6.42 Å². The molecule has 0 aromatic rings. The third-order valence-electron chi connectivity index (χ3n) is 3.41. The van der Waals surface area contributed by atoms with Crippen molar-refractivity contribution in [3.63, 3.8) is 0 Å². The van der Waals surface area contributed by atoms with Crippen LogP contribution in [-0.2, 0) is 28.5 Å². The topological polar surface area (TPSA) is 71.1 Å². The lowest BCUT2D eigenvalue weighted by atomic mass is 10.0. The minimum atomic E-state index is -1.08. The third-order valence-corrected chi connectivity index (χ3v) is 3.41. The van der Waals surface area contributed by atoms with E-state index < -0.39 is 29.9 Å². The third kappa shape index (κ3) is 3.87. The van der Waals surface area contributed by atoms with Gasteiger partial charge in [0.15, 0.2) is 18.0 Å². The average molecular weight is 312 g/mol. The van der Waals surface area contributed by atoms with Crippen molar-refractivity contribution in [2.75, 3.05) is 0 Å². The number of allylic oxidation sites excluding steroid dienone is 1. The van der Waals surface area contributed by atoms with Crippen molar-refractivity contribution in [2.24, 2.45) is 0 Å². The van der Waals surface area contributed by atoms with Gasteiger partial charge in [-0.1, -0.05) is 12.2 Å². The average Bonchev–Trinajstić information content (AvgIpc) is 2.78. The van der Waals surface area contributed by atoms with Crippen LogP contribution in [0.3, 0.4) is 0 Å². The van der Waals surface area contributed by atoms with Crippen LogP contribution < -0.4 is 0 Å². The van der Waals surface area contributed by atoms with Gasteiger partial charge in [0.1, 0.15) is 0 Å². The fraction of sp³-hybridized carbons (Fsp3) is 0.750. The molecule has 1 fully saturated rings. The van der Waals surface area contributed by atoms with Crippen molar-refractivity contribution in [2.45, 2.75) is 77.2 Å². The Morgan fingerprint density at radius 3 is 1.86 bits per heavy atom. The molecule has 0 N–H and O–H groups in total. The van der Waals surface area contributed by atoms with Crippen molar-refractivity contribution >= 4 is 11.9 Å². The van der Waals surface area contributed by atoms with Gasteiger partial charge in [-0.3, -0.25) is 0 Å². The van der Waals surface area contributed by atoms with E-state index in [1.54, 1.807) is 27.7 Å². The van der Waals surface area contributed by atoms with Crippen molar-refractivity contribution in [1.82, 2.24) is 0 Å². The zero-order chi connectivity index (χ0) is 16.3. The van der Waals surface area contributed by atoms with E-state index in [1.165, 1.54) is 0 Å². The van der Waals surface area contributed by atoms with E-state index in [2.05, 4.69) is 0 Å². The van der Waals surface area contributed by atoms with E-state index in [0.29, 0.717) is 12.8 Å². The number of hydrogen-bond donors (Lipinski definition) is 0. The Labute approximate surface area is 130 Å². The molecular formula is C16H24O6. The van der Waals surface area contributed by atoms with Crippen LogP contribution in [0.25, 0.3) is 0 Å². The monoisotopic (exact) mass is 312 g/mol. The van der Waals surface area contributed by atoms with Gasteiger partial charge in [-0.25, -0.2) is 9.59 Å². The van der Waals surface area contributed by atoms with Crippen LogP contribution in [0.4, 0.5) is 0 Å². The molecule has 124 valence electrons. The highest BCUT2D eigenvalue weighted by Crippen LogP contribution is 2.39. The zero-order valence-corrected chi connectivity index (χ0v) is 13.5. The van der Waals surface area contributed by atoms with Gasteiger partial charge in [-0.2, -0.15) is 0 Å². The van der Waals surface area contributed by atoms with Gasteiger partial charge in [0.25, 0.3) is 0 Å². The normalized spacial score (nSPS) is 26.6. The van der Waals surface area contributed by atoms with E-state index in [-0.39, 0.29) is 12.2 Å².